The van der Waals surface area contributed by atoms with Crippen LogP contribution in [0.15, 0.2) is 52.8 Å². The lowest BCUT2D eigenvalue weighted by Gasteiger charge is -2.20. The van der Waals surface area contributed by atoms with E-state index in [0.29, 0.717) is 22.4 Å². The van der Waals surface area contributed by atoms with Crippen LogP contribution < -0.4 is 10.9 Å². The maximum atomic E-state index is 13.5. The molecule has 2 aromatic carbocycles. The van der Waals surface area contributed by atoms with Crippen molar-refractivity contribution in [1.29, 1.82) is 0 Å². The van der Waals surface area contributed by atoms with E-state index in [-0.39, 0.29) is 22.4 Å². The van der Waals surface area contributed by atoms with Crippen LogP contribution in [0.4, 0.5) is 5.69 Å². The first-order valence-electron chi connectivity index (χ1n) is 10.7. The SMILES string of the molecule is Cc1cc([C@@H](C)Nc2ccc(Cl)nc2C(=O)O)c2nc(-c3cccc4ncsc34)n(C)c(=O)c2c1. The summed E-state index contributed by atoms with van der Waals surface area (Å²) in [6, 6.07) is 12.3. The Hall–Kier alpha value is -3.82. The Balaban J connectivity index is 1.70. The number of anilines is 1. The number of halogens is 1. The zero-order chi connectivity index (χ0) is 24.9. The number of nitrogens with one attached hydrogen (secondary N) is 1. The number of thiazole rings is 1. The molecule has 35 heavy (non-hydrogen) atoms. The zero-order valence-electron chi connectivity index (χ0n) is 19.0. The summed E-state index contributed by atoms with van der Waals surface area (Å²) in [5.41, 5.74) is 5.63. The van der Waals surface area contributed by atoms with Gasteiger partial charge in [0.25, 0.3) is 5.56 Å². The average molecular weight is 506 g/mol. The number of aromatic nitrogens is 4. The Labute approximate surface area is 208 Å². The molecule has 0 fully saturated rings. The molecule has 0 aliphatic carbocycles. The Morgan fingerprint density at radius 2 is 2.00 bits per heavy atom. The number of aryl methyl sites for hydroxylation is 1. The van der Waals surface area contributed by atoms with Crippen molar-refractivity contribution >= 4 is 55.7 Å². The number of rotatable bonds is 5. The minimum absolute atomic E-state index is 0.0913. The summed E-state index contributed by atoms with van der Waals surface area (Å²) in [6.45, 7) is 3.80. The van der Waals surface area contributed by atoms with Crippen LogP contribution in [0, 0.1) is 6.92 Å². The molecule has 0 bridgehead atoms. The number of hydrogen-bond donors (Lipinski definition) is 2. The number of benzene rings is 2. The Kier molecular flexibility index (Phi) is 5.74. The van der Waals surface area contributed by atoms with Crippen molar-refractivity contribution in [2.45, 2.75) is 19.9 Å². The second-order valence-electron chi connectivity index (χ2n) is 8.26. The predicted octanol–water partition coefficient (Wildman–Crippen LogP) is 5.44. The second-order valence-corrected chi connectivity index (χ2v) is 9.50. The van der Waals surface area contributed by atoms with Crippen molar-refractivity contribution in [3.05, 3.63) is 80.3 Å². The number of carboxylic acid groups (broad SMARTS) is 1. The van der Waals surface area contributed by atoms with Crippen LogP contribution >= 0.6 is 22.9 Å². The Bertz CT molecular complexity index is 1690. The fraction of sp³-hybridized carbons (Fsp3) is 0.160. The fourth-order valence-electron chi connectivity index (χ4n) is 4.21. The highest BCUT2D eigenvalue weighted by Crippen LogP contribution is 2.32. The van der Waals surface area contributed by atoms with E-state index in [0.717, 1.165) is 26.9 Å². The molecule has 0 spiro atoms. The standard InChI is InChI=1S/C25H20ClN5O3S/c1-12-9-15(13(2)28-17-7-8-19(26)29-21(17)25(33)34)20-16(10-12)24(32)31(3)23(30-20)14-5-4-6-18-22(14)35-11-27-18/h4-11,13,28H,1-3H3,(H,33,34)/t13-/m1/s1. The van der Waals surface area contributed by atoms with E-state index in [1.807, 2.05) is 44.2 Å². The summed E-state index contributed by atoms with van der Waals surface area (Å²) in [4.78, 5) is 38.4. The van der Waals surface area contributed by atoms with Crippen LogP contribution in [-0.4, -0.2) is 30.6 Å². The number of carboxylic acids is 1. The summed E-state index contributed by atoms with van der Waals surface area (Å²) < 4.78 is 2.51. The molecule has 2 N–H and O–H groups in total. The zero-order valence-corrected chi connectivity index (χ0v) is 20.6. The number of pyridine rings is 1. The lowest BCUT2D eigenvalue weighted by atomic mass is 10.0. The van der Waals surface area contributed by atoms with Gasteiger partial charge in [0.1, 0.15) is 11.0 Å². The molecule has 3 heterocycles. The monoisotopic (exact) mass is 505 g/mol. The third-order valence-corrected chi connectivity index (χ3v) is 6.94. The highest BCUT2D eigenvalue weighted by atomic mass is 35.5. The lowest BCUT2D eigenvalue weighted by molar-refractivity contribution is 0.0691. The molecule has 10 heteroatoms. The van der Waals surface area contributed by atoms with E-state index in [1.165, 1.54) is 17.4 Å². The maximum Gasteiger partial charge on any atom is 0.356 e. The van der Waals surface area contributed by atoms with Gasteiger partial charge >= 0.3 is 5.97 Å². The van der Waals surface area contributed by atoms with Crippen LogP contribution in [-0.2, 0) is 7.05 Å². The smallest absolute Gasteiger partial charge is 0.356 e. The predicted molar refractivity (Wildman–Crippen MR) is 139 cm³/mol. The van der Waals surface area contributed by atoms with Gasteiger partial charge in [0.05, 0.1) is 38.4 Å². The first-order valence-corrected chi connectivity index (χ1v) is 12.0. The van der Waals surface area contributed by atoms with Gasteiger partial charge in [0, 0.05) is 18.2 Å². The Morgan fingerprint density at radius 3 is 2.77 bits per heavy atom. The van der Waals surface area contributed by atoms with Gasteiger partial charge in [-0.2, -0.15) is 0 Å². The highest BCUT2D eigenvalue weighted by Gasteiger charge is 2.21. The van der Waals surface area contributed by atoms with E-state index in [1.54, 1.807) is 23.2 Å². The van der Waals surface area contributed by atoms with Crippen LogP contribution in [0.25, 0.3) is 32.5 Å². The molecule has 0 aliphatic rings. The molecule has 0 saturated heterocycles. The molecule has 0 radical (unpaired) electrons. The van der Waals surface area contributed by atoms with Crippen molar-refractivity contribution in [2.24, 2.45) is 7.05 Å². The van der Waals surface area contributed by atoms with Crippen LogP contribution in [0.2, 0.25) is 5.15 Å². The van der Waals surface area contributed by atoms with Gasteiger partial charge in [-0.05, 0) is 49.7 Å². The van der Waals surface area contributed by atoms with Crippen LogP contribution in [0.5, 0.6) is 0 Å². The average Bonchev–Trinajstić information content (AvgIpc) is 3.31. The van der Waals surface area contributed by atoms with E-state index in [4.69, 9.17) is 16.6 Å². The number of nitrogens with zero attached hydrogens (tertiary/aromatic N) is 4. The Morgan fingerprint density at radius 1 is 1.20 bits per heavy atom. The summed E-state index contributed by atoms with van der Waals surface area (Å²) in [5, 5.41) is 13.4. The first kappa shape index (κ1) is 22.9. The van der Waals surface area contributed by atoms with Gasteiger partial charge < -0.3 is 10.4 Å². The van der Waals surface area contributed by atoms with E-state index in [2.05, 4.69) is 15.3 Å². The van der Waals surface area contributed by atoms with Gasteiger partial charge in [-0.1, -0.05) is 23.7 Å². The molecule has 1 atom stereocenters. The molecule has 0 amide bonds. The van der Waals surface area contributed by atoms with Crippen molar-refractivity contribution < 1.29 is 9.90 Å². The molecule has 5 aromatic rings. The van der Waals surface area contributed by atoms with Crippen molar-refractivity contribution in [3.63, 3.8) is 0 Å². The topological polar surface area (TPSA) is 110 Å². The number of carbonyl (C=O) groups is 1. The van der Waals surface area contributed by atoms with Crippen LogP contribution in [0.1, 0.15) is 34.6 Å². The van der Waals surface area contributed by atoms with Crippen molar-refractivity contribution in [3.8, 4) is 11.4 Å². The third-order valence-electron chi connectivity index (χ3n) is 5.85. The number of fused-ring (bicyclic) bond motifs is 2. The molecule has 3 aromatic heterocycles. The summed E-state index contributed by atoms with van der Waals surface area (Å²) >= 11 is 7.40. The van der Waals surface area contributed by atoms with Crippen LogP contribution in [0.3, 0.4) is 0 Å². The largest absolute Gasteiger partial charge is 0.476 e. The fourth-order valence-corrected chi connectivity index (χ4v) is 5.16. The maximum absolute atomic E-state index is 13.5. The second kappa shape index (κ2) is 8.75. The molecular weight excluding hydrogens is 486 g/mol. The molecule has 8 nitrogen and oxygen atoms in total. The van der Waals surface area contributed by atoms with Gasteiger partial charge in [0.2, 0.25) is 0 Å². The lowest BCUT2D eigenvalue weighted by Crippen LogP contribution is -2.22. The number of aromatic carboxylic acids is 1. The van der Waals surface area contributed by atoms with E-state index >= 15 is 0 Å². The minimum atomic E-state index is -1.19. The summed E-state index contributed by atoms with van der Waals surface area (Å²) in [5.74, 6) is -0.655. The third kappa shape index (κ3) is 4.02. The molecule has 0 unspecified atom stereocenters. The molecule has 0 saturated carbocycles. The van der Waals surface area contributed by atoms with E-state index < -0.39 is 5.97 Å². The number of hydrogen-bond acceptors (Lipinski definition) is 7. The summed E-state index contributed by atoms with van der Waals surface area (Å²) in [6.07, 6.45) is 0. The van der Waals surface area contributed by atoms with Gasteiger partial charge in [-0.3, -0.25) is 9.36 Å². The molecular formula is C25H20ClN5O3S. The molecule has 176 valence electrons. The van der Waals surface area contributed by atoms with E-state index in [9.17, 15) is 14.7 Å². The van der Waals surface area contributed by atoms with Crippen molar-refractivity contribution in [1.82, 2.24) is 19.5 Å². The minimum Gasteiger partial charge on any atom is -0.476 e. The quantitative estimate of drug-likeness (QED) is 0.306. The molecule has 5 rings (SSSR count). The first-order chi connectivity index (χ1) is 16.7. The summed E-state index contributed by atoms with van der Waals surface area (Å²) in [7, 11) is 1.71. The van der Waals surface area contributed by atoms with Crippen molar-refractivity contribution in [2.75, 3.05) is 5.32 Å². The van der Waals surface area contributed by atoms with Gasteiger partial charge in [-0.25, -0.2) is 19.7 Å². The van der Waals surface area contributed by atoms with Gasteiger partial charge in [-0.15, -0.1) is 11.3 Å². The normalized spacial score (nSPS) is 12.2. The molecule has 0 aliphatic heterocycles. The highest BCUT2D eigenvalue weighted by molar-refractivity contribution is 7.17. The van der Waals surface area contributed by atoms with Gasteiger partial charge in [0.15, 0.2) is 5.69 Å².